The van der Waals surface area contributed by atoms with Gasteiger partial charge in [-0.1, -0.05) is 146 Å². The molecule has 0 aliphatic rings. The van der Waals surface area contributed by atoms with Crippen LogP contribution in [-0.4, -0.2) is 51.0 Å². The third-order valence-corrected chi connectivity index (χ3v) is 6.67. The van der Waals surface area contributed by atoms with Crippen LogP contribution in [0.25, 0.3) is 24.3 Å². The number of aliphatic imine (C=N–C) groups is 4. The largest absolute Gasteiger partial charge is 2.00 e. The molecule has 252 valence electrons. The maximum absolute atomic E-state index is 4.42. The number of hydrogen-bond donors (Lipinski definition) is 0. The van der Waals surface area contributed by atoms with E-state index in [1.165, 1.54) is 22.3 Å². The summed E-state index contributed by atoms with van der Waals surface area (Å²) in [5.41, 5.74) is 9.36. The van der Waals surface area contributed by atoms with Crippen LogP contribution >= 0.6 is 0 Å². The Morgan fingerprint density at radius 3 is 0.714 bits per heavy atom. The summed E-state index contributed by atoms with van der Waals surface area (Å²) in [6, 6.07) is 41.1. The monoisotopic (exact) mass is 690 g/mol. The van der Waals surface area contributed by atoms with E-state index in [9.17, 15) is 0 Å². The molecule has 0 saturated heterocycles. The normalized spacial score (nSPS) is 12.8. The fourth-order valence-corrected chi connectivity index (χ4v) is 4.46. The van der Waals surface area contributed by atoms with E-state index in [0.717, 1.165) is 22.3 Å². The van der Waals surface area contributed by atoms with Crippen LogP contribution in [0.3, 0.4) is 0 Å². The molecule has 4 aromatic rings. The number of nitrogens with zero attached hydrogens (tertiary/aromatic N) is 4. The smallest absolute Gasteiger partial charge is 0.291 e. The molecule has 0 amide bonds. The minimum atomic E-state index is 0. The van der Waals surface area contributed by atoms with Gasteiger partial charge in [-0.3, -0.25) is 20.0 Å². The molecule has 0 fully saturated rings. The molecule has 0 heterocycles. The van der Waals surface area contributed by atoms with Gasteiger partial charge in [-0.2, -0.15) is 0 Å². The molecule has 4 nitrogen and oxygen atoms in total. The number of hydrogen-bond acceptors (Lipinski definition) is 4. The SMILES string of the molecule is C/C(C=NCCN=C/C(C)=C\c1ccccc1)=C/c1ccccc1.C/C(C=NCCN=C/C(C)=C\c1ccccc1)=C/c1ccccc1.[Ni+2]. The van der Waals surface area contributed by atoms with Crippen molar-refractivity contribution in [2.24, 2.45) is 20.0 Å². The Balaban J connectivity index is 0.000000333. The van der Waals surface area contributed by atoms with Gasteiger partial charge in [0.05, 0.1) is 26.2 Å². The molecular weight excluding hydrogens is 643 g/mol. The van der Waals surface area contributed by atoms with Crippen molar-refractivity contribution in [3.63, 3.8) is 0 Å². The summed E-state index contributed by atoms with van der Waals surface area (Å²) in [7, 11) is 0. The first-order valence-corrected chi connectivity index (χ1v) is 16.4. The first kappa shape index (κ1) is 40.2. The molecule has 0 saturated carbocycles. The van der Waals surface area contributed by atoms with Gasteiger partial charge in [-0.25, -0.2) is 0 Å². The topological polar surface area (TPSA) is 49.4 Å². The summed E-state index contributed by atoms with van der Waals surface area (Å²) >= 11 is 0. The van der Waals surface area contributed by atoms with Gasteiger partial charge in [0.2, 0.25) is 0 Å². The Morgan fingerprint density at radius 2 is 0.531 bits per heavy atom. The second-order valence-electron chi connectivity index (χ2n) is 11.3. The van der Waals surface area contributed by atoms with Crippen molar-refractivity contribution in [3.05, 3.63) is 166 Å². The van der Waals surface area contributed by atoms with E-state index in [1.807, 2.05) is 97.7 Å². The van der Waals surface area contributed by atoms with Crippen LogP contribution in [0.1, 0.15) is 49.9 Å². The third-order valence-electron chi connectivity index (χ3n) is 6.67. The molecule has 0 aromatic heterocycles. The quantitative estimate of drug-likeness (QED) is 0.0718. The van der Waals surface area contributed by atoms with Crippen LogP contribution in [0.5, 0.6) is 0 Å². The van der Waals surface area contributed by atoms with E-state index in [4.69, 9.17) is 0 Å². The number of benzene rings is 4. The molecular formula is C44H48N4Ni+2. The third kappa shape index (κ3) is 19.4. The Bertz CT molecular complexity index is 1450. The molecule has 0 aliphatic heterocycles. The van der Waals surface area contributed by atoms with Crippen molar-refractivity contribution < 1.29 is 16.5 Å². The minimum absolute atomic E-state index is 0. The zero-order valence-electron chi connectivity index (χ0n) is 29.1. The fraction of sp³-hybridized carbons (Fsp3) is 0.182. The molecule has 0 N–H and O–H groups in total. The van der Waals surface area contributed by atoms with E-state index >= 15 is 0 Å². The van der Waals surface area contributed by atoms with E-state index < -0.39 is 0 Å². The average Bonchev–Trinajstić information content (AvgIpc) is 3.10. The van der Waals surface area contributed by atoms with Gasteiger partial charge in [-0.15, -0.1) is 0 Å². The fourth-order valence-electron chi connectivity index (χ4n) is 4.46. The molecule has 5 heteroatoms. The first-order valence-electron chi connectivity index (χ1n) is 16.4. The number of allylic oxidation sites excluding steroid dienone is 4. The van der Waals surface area contributed by atoms with Crippen LogP contribution in [0, 0.1) is 0 Å². The average molecular weight is 692 g/mol. The van der Waals surface area contributed by atoms with Crippen LogP contribution in [0.15, 0.2) is 164 Å². The van der Waals surface area contributed by atoms with E-state index in [2.05, 4.69) is 120 Å². The maximum Gasteiger partial charge on any atom is 2.00 e. The van der Waals surface area contributed by atoms with Crippen molar-refractivity contribution in [1.29, 1.82) is 0 Å². The molecule has 0 atom stereocenters. The summed E-state index contributed by atoms with van der Waals surface area (Å²) in [4.78, 5) is 17.7. The Morgan fingerprint density at radius 1 is 0.347 bits per heavy atom. The molecule has 0 bridgehead atoms. The van der Waals surface area contributed by atoms with Crippen molar-refractivity contribution in [3.8, 4) is 0 Å². The second kappa shape index (κ2) is 25.1. The summed E-state index contributed by atoms with van der Waals surface area (Å²) in [5, 5.41) is 0. The zero-order chi connectivity index (χ0) is 34.1. The zero-order valence-corrected chi connectivity index (χ0v) is 30.1. The van der Waals surface area contributed by atoms with Gasteiger partial charge >= 0.3 is 16.5 Å². The predicted octanol–water partition coefficient (Wildman–Crippen LogP) is 10.7. The van der Waals surface area contributed by atoms with Crippen molar-refractivity contribution in [2.45, 2.75) is 27.7 Å². The van der Waals surface area contributed by atoms with Crippen molar-refractivity contribution in [2.75, 3.05) is 26.2 Å². The Kier molecular flexibility index (Phi) is 20.6. The summed E-state index contributed by atoms with van der Waals surface area (Å²) in [6.45, 7) is 11.1. The van der Waals surface area contributed by atoms with E-state index in [1.54, 1.807) is 0 Å². The summed E-state index contributed by atoms with van der Waals surface area (Å²) < 4.78 is 0. The molecule has 0 spiro atoms. The van der Waals surface area contributed by atoms with Gasteiger partial charge in [0.25, 0.3) is 0 Å². The summed E-state index contributed by atoms with van der Waals surface area (Å²) in [5.74, 6) is 0. The van der Waals surface area contributed by atoms with E-state index in [-0.39, 0.29) is 16.5 Å². The standard InChI is InChI=1S/2C22H24N2.Ni/c2*1-19(15-21-9-5-3-6-10-21)17-23-13-14-24-18-20(2)16-22-11-7-4-8-12-22;/h2*3-12,15-18H,13-14H2,1-2H3;/q;;+2/b2*19-15-,20-16-,23-17?,24-18?;. The predicted molar refractivity (Wildman–Crippen MR) is 214 cm³/mol. The van der Waals surface area contributed by atoms with Gasteiger partial charge in [0.15, 0.2) is 0 Å². The molecule has 0 aliphatic carbocycles. The van der Waals surface area contributed by atoms with Crippen LogP contribution in [0.2, 0.25) is 0 Å². The van der Waals surface area contributed by atoms with Crippen LogP contribution in [-0.2, 0) is 16.5 Å². The molecule has 0 radical (unpaired) electrons. The number of rotatable bonds is 14. The van der Waals surface area contributed by atoms with Gasteiger partial charge in [0, 0.05) is 24.9 Å². The maximum atomic E-state index is 4.42. The van der Waals surface area contributed by atoms with Gasteiger partial charge < -0.3 is 0 Å². The molecule has 4 aromatic carbocycles. The summed E-state index contributed by atoms with van der Waals surface area (Å²) in [6.07, 6.45) is 16.1. The van der Waals surface area contributed by atoms with Crippen LogP contribution in [0.4, 0.5) is 0 Å². The molecule has 49 heavy (non-hydrogen) atoms. The molecule has 4 rings (SSSR count). The second-order valence-corrected chi connectivity index (χ2v) is 11.3. The Hall–Kier alpha value is -4.99. The van der Waals surface area contributed by atoms with Gasteiger partial charge in [-0.05, 0) is 72.2 Å². The van der Waals surface area contributed by atoms with Crippen LogP contribution < -0.4 is 0 Å². The molecule has 0 unspecified atom stereocenters. The van der Waals surface area contributed by atoms with E-state index in [0.29, 0.717) is 26.2 Å². The van der Waals surface area contributed by atoms with Gasteiger partial charge in [0.1, 0.15) is 0 Å². The van der Waals surface area contributed by atoms with Crippen molar-refractivity contribution >= 4 is 49.2 Å². The Labute approximate surface area is 304 Å². The first-order chi connectivity index (χ1) is 23.5. The van der Waals surface area contributed by atoms with Crippen molar-refractivity contribution in [1.82, 2.24) is 0 Å². The minimum Gasteiger partial charge on any atom is -0.291 e.